The number of fused-ring (bicyclic) bond motifs is 5. The van der Waals surface area contributed by atoms with E-state index in [-0.39, 0.29) is 5.41 Å². The van der Waals surface area contributed by atoms with E-state index in [1.807, 2.05) is 6.07 Å². The maximum atomic E-state index is 10.4. The van der Waals surface area contributed by atoms with Crippen LogP contribution in [-0.2, 0) is 37.6 Å². The molecule has 6 atom stereocenters. The van der Waals surface area contributed by atoms with E-state index in [4.69, 9.17) is 52.6 Å². The fourth-order valence-corrected chi connectivity index (χ4v) is 5.56. The predicted molar refractivity (Wildman–Crippen MR) is 123 cm³/mol. The summed E-state index contributed by atoms with van der Waals surface area (Å²) in [7, 11) is -14.0. The molecule has 2 saturated carbocycles. The fourth-order valence-electron chi connectivity index (χ4n) is 5.56. The van der Waals surface area contributed by atoms with Crippen LogP contribution in [0.1, 0.15) is 49.7 Å². The quantitative estimate of drug-likeness (QED) is 0.189. The van der Waals surface area contributed by atoms with Crippen molar-refractivity contribution in [1.29, 1.82) is 0 Å². The molecule has 18 heteroatoms. The maximum Gasteiger partial charge on any atom is 0.394 e. The highest BCUT2D eigenvalue weighted by atomic mass is 32.3. The molecule has 3 aliphatic rings. The van der Waals surface area contributed by atoms with Crippen LogP contribution in [0.5, 0.6) is 5.75 Å². The normalized spacial score (nSPS) is 31.0. The van der Waals surface area contributed by atoms with Gasteiger partial charge in [-0.25, -0.2) is 0 Å². The van der Waals surface area contributed by atoms with Crippen LogP contribution in [0.4, 0.5) is 0 Å². The number of aliphatic hydroxyl groups excluding tert-OH is 2. The molecule has 0 bridgehead atoms. The van der Waals surface area contributed by atoms with Crippen LogP contribution in [0.15, 0.2) is 18.2 Å². The molecule has 2 fully saturated rings. The third-order valence-corrected chi connectivity index (χ3v) is 6.68. The van der Waals surface area contributed by atoms with Gasteiger partial charge in [0.25, 0.3) is 0 Å². The number of aryl methyl sites for hydroxylation is 1. The smallest absolute Gasteiger partial charge is 0.394 e. The molecule has 9 N–H and O–H groups in total. The minimum Gasteiger partial charge on any atom is -0.508 e. The highest BCUT2D eigenvalue weighted by Gasteiger charge is 2.57. The average molecular weight is 583 g/mol. The van der Waals surface area contributed by atoms with E-state index in [1.165, 1.54) is 11.1 Å². The van der Waals surface area contributed by atoms with Gasteiger partial charge in [0.1, 0.15) is 5.75 Å². The molecule has 0 spiro atoms. The second-order valence-electron chi connectivity index (χ2n) is 8.93. The summed E-state index contributed by atoms with van der Waals surface area (Å²) in [6.45, 7) is 2.17. The van der Waals surface area contributed by atoms with Crippen LogP contribution < -0.4 is 0 Å². The molecule has 0 aromatic heterocycles. The zero-order valence-electron chi connectivity index (χ0n) is 18.9. The van der Waals surface area contributed by atoms with Gasteiger partial charge in [0.15, 0.2) is 0 Å². The highest BCUT2D eigenvalue weighted by molar-refractivity contribution is 7.80. The number of benzene rings is 1. The van der Waals surface area contributed by atoms with Crippen molar-refractivity contribution >= 4 is 31.2 Å². The van der Waals surface area contributed by atoms with E-state index in [1.54, 1.807) is 6.07 Å². The molecule has 210 valence electrons. The Morgan fingerprint density at radius 1 is 0.833 bits per heavy atom. The summed E-state index contributed by atoms with van der Waals surface area (Å²) in [5, 5.41) is 30.2. The Balaban J connectivity index is 0.000000358. The van der Waals surface area contributed by atoms with Gasteiger partial charge in [-0.2, -0.15) is 25.3 Å². The molecule has 0 aliphatic heterocycles. The van der Waals surface area contributed by atoms with Crippen molar-refractivity contribution in [2.24, 2.45) is 17.3 Å². The third-order valence-electron chi connectivity index (χ3n) is 6.68. The SMILES string of the molecule is C[C@]12CC[C@@H]3c4ccc(O)cc4CC[C@H]3[C@@H]1C[C@@H](O)[C@@H]2O.O=S(=O)(O)O.O=S(=O)(O)O.O=S(=O)(O)O. The first-order chi connectivity index (χ1) is 16.0. The minimum atomic E-state index is -4.67. The largest absolute Gasteiger partial charge is 0.508 e. The van der Waals surface area contributed by atoms with Crippen LogP contribution in [0, 0.1) is 17.3 Å². The molecule has 15 nitrogen and oxygen atoms in total. The van der Waals surface area contributed by atoms with Crippen LogP contribution >= 0.6 is 0 Å². The number of hydrogen-bond donors (Lipinski definition) is 9. The van der Waals surface area contributed by atoms with Crippen LogP contribution in [0.25, 0.3) is 0 Å². The van der Waals surface area contributed by atoms with Gasteiger partial charge in [0.05, 0.1) is 12.2 Å². The number of rotatable bonds is 0. The molecule has 0 heterocycles. The number of phenolic OH excluding ortho intramolecular Hbond substituents is 1. The predicted octanol–water partition coefficient (Wildman–Crippen LogP) is 0.622. The molecule has 0 unspecified atom stereocenters. The Morgan fingerprint density at radius 3 is 1.78 bits per heavy atom. The standard InChI is InChI=1S/C18H24O3.3H2O4S/c1-18-7-6-13-12-5-3-11(19)8-10(12)2-4-14(13)15(18)9-16(20)17(18)21;3*1-5(2,3)4/h3,5,8,13-17,19-21H,2,4,6-7,9H2,1H3;3*(H2,1,2,3,4)/t13-,14-,15+,16-,17+,18+;;;/m1.../s1. The fraction of sp³-hybridized carbons (Fsp3) is 0.667. The summed E-state index contributed by atoms with van der Waals surface area (Å²) >= 11 is 0. The minimum absolute atomic E-state index is 0.116. The monoisotopic (exact) mass is 582 g/mol. The topological polar surface area (TPSA) is 284 Å². The second kappa shape index (κ2) is 11.9. The van der Waals surface area contributed by atoms with Crippen LogP contribution in [0.3, 0.4) is 0 Å². The molecule has 3 aliphatic carbocycles. The number of hydrogen-bond acceptors (Lipinski definition) is 9. The molecule has 36 heavy (non-hydrogen) atoms. The highest BCUT2D eigenvalue weighted by Crippen LogP contribution is 2.60. The van der Waals surface area contributed by atoms with E-state index >= 15 is 0 Å². The first kappa shape index (κ1) is 32.6. The Kier molecular flexibility index (Phi) is 10.8. The van der Waals surface area contributed by atoms with E-state index in [0.717, 1.165) is 32.1 Å². The zero-order valence-corrected chi connectivity index (χ0v) is 21.3. The zero-order chi connectivity index (χ0) is 28.3. The molecular formula is C18H30O15S3. The van der Waals surface area contributed by atoms with Crippen molar-refractivity contribution in [2.45, 2.75) is 57.2 Å². The van der Waals surface area contributed by atoms with E-state index in [9.17, 15) is 15.3 Å². The first-order valence-corrected chi connectivity index (χ1v) is 14.5. The van der Waals surface area contributed by atoms with Gasteiger partial charge in [-0.1, -0.05) is 13.0 Å². The van der Waals surface area contributed by atoms with Crippen molar-refractivity contribution in [3.8, 4) is 5.75 Å². The second-order valence-corrected chi connectivity index (χ2v) is 11.6. The summed E-state index contributed by atoms with van der Waals surface area (Å²) in [6.07, 6.45) is 3.80. The summed E-state index contributed by atoms with van der Waals surface area (Å²) in [4.78, 5) is 0. The molecule has 0 radical (unpaired) electrons. The van der Waals surface area contributed by atoms with Gasteiger partial charge >= 0.3 is 31.2 Å². The van der Waals surface area contributed by atoms with Gasteiger partial charge < -0.3 is 15.3 Å². The molecule has 0 saturated heterocycles. The summed E-state index contributed by atoms with van der Waals surface area (Å²) < 4.78 is 94.8. The molecule has 4 rings (SSSR count). The van der Waals surface area contributed by atoms with E-state index in [0.29, 0.717) is 23.5 Å². The molecular weight excluding hydrogens is 552 g/mol. The lowest BCUT2D eigenvalue weighted by Crippen LogP contribution is -2.44. The lowest BCUT2D eigenvalue weighted by Gasteiger charge is -2.49. The lowest BCUT2D eigenvalue weighted by atomic mass is 9.55. The molecule has 1 aromatic carbocycles. The third kappa shape index (κ3) is 10.9. The van der Waals surface area contributed by atoms with Gasteiger partial charge in [-0.3, -0.25) is 27.3 Å². The summed E-state index contributed by atoms with van der Waals surface area (Å²) in [6, 6.07) is 5.80. The van der Waals surface area contributed by atoms with Crippen molar-refractivity contribution in [3.05, 3.63) is 29.3 Å². The molecule has 0 amide bonds. The van der Waals surface area contributed by atoms with Crippen molar-refractivity contribution in [1.82, 2.24) is 0 Å². The maximum absolute atomic E-state index is 10.4. The van der Waals surface area contributed by atoms with E-state index in [2.05, 4.69) is 13.0 Å². The van der Waals surface area contributed by atoms with Crippen LogP contribution in [-0.4, -0.2) is 80.1 Å². The Morgan fingerprint density at radius 2 is 1.31 bits per heavy atom. The van der Waals surface area contributed by atoms with Gasteiger partial charge in [-0.15, -0.1) is 0 Å². The Bertz CT molecular complexity index is 1120. The van der Waals surface area contributed by atoms with Gasteiger partial charge in [-0.05, 0) is 78.5 Å². The van der Waals surface area contributed by atoms with Gasteiger partial charge in [0, 0.05) is 0 Å². The summed E-state index contributed by atoms with van der Waals surface area (Å²) in [5.41, 5.74) is 2.57. The Hall–Kier alpha value is -1.45. The first-order valence-electron chi connectivity index (χ1n) is 10.3. The Labute approximate surface area is 208 Å². The van der Waals surface area contributed by atoms with Crippen LogP contribution in [0.2, 0.25) is 0 Å². The van der Waals surface area contributed by atoms with Crippen molar-refractivity contribution in [2.75, 3.05) is 0 Å². The summed E-state index contributed by atoms with van der Waals surface area (Å²) in [5.74, 6) is 1.88. The number of aliphatic hydroxyl groups is 2. The lowest BCUT2D eigenvalue weighted by molar-refractivity contribution is -0.0505. The van der Waals surface area contributed by atoms with E-state index < -0.39 is 43.4 Å². The van der Waals surface area contributed by atoms with Crippen molar-refractivity contribution in [3.63, 3.8) is 0 Å². The number of phenols is 1. The van der Waals surface area contributed by atoms with Gasteiger partial charge in [0.2, 0.25) is 0 Å². The molecule has 1 aromatic rings. The van der Waals surface area contributed by atoms with Crippen molar-refractivity contribution < 1.29 is 67.9 Å². The number of aromatic hydroxyl groups is 1. The average Bonchev–Trinajstić information content (AvgIpc) is 2.87.